The van der Waals surface area contributed by atoms with Gasteiger partial charge in [-0.25, -0.2) is 9.59 Å². The van der Waals surface area contributed by atoms with Crippen molar-refractivity contribution in [1.29, 1.82) is 0 Å². The number of alkyl carbamates (subject to hydrolysis) is 1. The Hall–Kier alpha value is -3.82. The topological polar surface area (TPSA) is 120 Å². The number of benzene rings is 1. The molecule has 10 heteroatoms. The second kappa shape index (κ2) is 12.4. The number of nitrogens with zero attached hydrogens (tertiary/aromatic N) is 1. The molecule has 1 aromatic carbocycles. The van der Waals surface area contributed by atoms with Gasteiger partial charge in [0.2, 0.25) is 6.79 Å². The second-order valence-corrected chi connectivity index (χ2v) is 10.6. The second-order valence-electron chi connectivity index (χ2n) is 10.6. The normalized spacial score (nSPS) is 13.4. The van der Waals surface area contributed by atoms with E-state index in [-0.39, 0.29) is 18.0 Å². The van der Waals surface area contributed by atoms with Crippen LogP contribution in [0.25, 0.3) is 0 Å². The molecule has 1 aliphatic heterocycles. The molecule has 0 fully saturated rings. The molecular weight excluding hydrogens is 480 g/mol. The molecule has 0 unspecified atom stereocenters. The van der Waals surface area contributed by atoms with Gasteiger partial charge in [0, 0.05) is 26.2 Å². The Morgan fingerprint density at radius 3 is 2.14 bits per heavy atom. The van der Waals surface area contributed by atoms with Gasteiger partial charge in [0.15, 0.2) is 11.5 Å². The van der Waals surface area contributed by atoms with Crippen LogP contribution in [0.4, 0.5) is 4.79 Å². The van der Waals surface area contributed by atoms with Gasteiger partial charge >= 0.3 is 24.0 Å². The summed E-state index contributed by atoms with van der Waals surface area (Å²) in [6.07, 6.45) is 5.35. The van der Waals surface area contributed by atoms with Crippen molar-refractivity contribution in [3.63, 3.8) is 0 Å². The molecular formula is C27H36N2O8. The Kier molecular flexibility index (Phi) is 9.88. The van der Waals surface area contributed by atoms with Crippen molar-refractivity contribution in [3.8, 4) is 11.5 Å². The van der Waals surface area contributed by atoms with Crippen LogP contribution in [-0.2, 0) is 30.3 Å². The number of nitrogens with one attached hydrogen (secondary N) is 1. The molecule has 0 saturated carbocycles. The number of carbonyl (C=O) groups excluding carboxylic acids is 4. The van der Waals surface area contributed by atoms with E-state index in [2.05, 4.69) is 5.32 Å². The zero-order chi connectivity index (χ0) is 27.8. The van der Waals surface area contributed by atoms with E-state index in [4.69, 9.17) is 18.9 Å². The van der Waals surface area contributed by atoms with Crippen LogP contribution in [-0.4, -0.2) is 49.3 Å². The minimum absolute atomic E-state index is 0.113. The predicted octanol–water partition coefficient (Wildman–Crippen LogP) is 4.09. The first-order valence-corrected chi connectivity index (χ1v) is 11.9. The molecule has 0 aliphatic carbocycles. The summed E-state index contributed by atoms with van der Waals surface area (Å²) in [4.78, 5) is 50.5. The number of esters is 3. The van der Waals surface area contributed by atoms with Crippen LogP contribution in [0.15, 0.2) is 42.2 Å². The molecule has 10 nitrogen and oxygen atoms in total. The lowest BCUT2D eigenvalue weighted by Crippen LogP contribution is -2.28. The van der Waals surface area contributed by atoms with Crippen molar-refractivity contribution >= 4 is 24.0 Å². The van der Waals surface area contributed by atoms with E-state index >= 15 is 0 Å². The van der Waals surface area contributed by atoms with E-state index in [0.717, 1.165) is 5.56 Å². The first kappa shape index (κ1) is 29.4. The van der Waals surface area contributed by atoms with E-state index in [1.165, 1.54) is 0 Å². The number of hydrogen-bond acceptors (Lipinski definition) is 9. The smallest absolute Gasteiger partial charge is 0.410 e. The lowest BCUT2D eigenvalue weighted by molar-refractivity contribution is -0.147. The number of ether oxygens (including phenoxy) is 4. The van der Waals surface area contributed by atoms with Crippen molar-refractivity contribution in [3.05, 3.63) is 47.8 Å². The third-order valence-corrected chi connectivity index (χ3v) is 5.00. The van der Waals surface area contributed by atoms with Gasteiger partial charge in [0.25, 0.3) is 0 Å². The maximum Gasteiger partial charge on any atom is 0.410 e. The van der Waals surface area contributed by atoms with Gasteiger partial charge in [0.05, 0.1) is 16.4 Å². The summed E-state index contributed by atoms with van der Waals surface area (Å²) >= 11 is 0. The number of carbonyl (C=O) groups is 4. The predicted molar refractivity (Wildman–Crippen MR) is 135 cm³/mol. The van der Waals surface area contributed by atoms with Gasteiger partial charge in [0.1, 0.15) is 0 Å². The monoisotopic (exact) mass is 516 g/mol. The van der Waals surface area contributed by atoms with Crippen LogP contribution in [0, 0.1) is 10.8 Å². The third kappa shape index (κ3) is 9.63. The molecule has 0 atom stereocenters. The van der Waals surface area contributed by atoms with Gasteiger partial charge in [-0.15, -0.1) is 0 Å². The fourth-order valence-electron chi connectivity index (χ4n) is 2.79. The van der Waals surface area contributed by atoms with Crippen LogP contribution in [0.1, 0.15) is 53.5 Å². The van der Waals surface area contributed by atoms with Crippen LogP contribution in [0.5, 0.6) is 11.5 Å². The Morgan fingerprint density at radius 2 is 1.54 bits per heavy atom. The molecule has 1 N–H and O–H groups in total. The molecule has 37 heavy (non-hydrogen) atoms. The Labute approximate surface area is 217 Å². The molecule has 2 rings (SSSR count). The first-order valence-electron chi connectivity index (χ1n) is 11.9. The number of allylic oxidation sites excluding steroid dienone is 1. The Balaban J connectivity index is 1.92. The van der Waals surface area contributed by atoms with Crippen molar-refractivity contribution in [2.24, 2.45) is 10.8 Å². The average molecular weight is 517 g/mol. The highest BCUT2D eigenvalue weighted by Crippen LogP contribution is 2.32. The van der Waals surface area contributed by atoms with E-state index in [0.29, 0.717) is 18.4 Å². The standard InChI is InChI=1S/C27H36N2O8/c1-26(2,3)23(31)36-20-11-10-18(15-21(20)37-24(32)27(4,5)6)12-13-28-25(33)35-17-34-22(30)19-9-8-14-29(7)16-19/h8,10-11,14-16H,9,12-13,17H2,1-7H3,(H,28,33). The van der Waals surface area contributed by atoms with E-state index in [9.17, 15) is 19.2 Å². The lowest BCUT2D eigenvalue weighted by Gasteiger charge is -2.21. The zero-order valence-electron chi connectivity index (χ0n) is 22.5. The number of rotatable bonds is 8. The zero-order valence-corrected chi connectivity index (χ0v) is 22.5. The maximum absolute atomic E-state index is 12.5. The molecule has 1 heterocycles. The van der Waals surface area contributed by atoms with Crippen LogP contribution < -0.4 is 14.8 Å². The highest BCUT2D eigenvalue weighted by Gasteiger charge is 2.28. The SMILES string of the molecule is CN1C=CCC(C(=O)OCOC(=O)NCCc2ccc(OC(=O)C(C)(C)C)c(OC(=O)C(C)(C)C)c2)=C1. The molecule has 202 valence electrons. The largest absolute Gasteiger partial charge is 0.424 e. The minimum atomic E-state index is -0.768. The van der Waals surface area contributed by atoms with E-state index < -0.39 is 41.6 Å². The maximum atomic E-state index is 12.5. The van der Waals surface area contributed by atoms with Gasteiger partial charge in [-0.1, -0.05) is 12.1 Å². The Bertz CT molecular complexity index is 1080. The summed E-state index contributed by atoms with van der Waals surface area (Å²) in [7, 11) is 1.79. The number of amides is 1. The fraction of sp³-hybridized carbons (Fsp3) is 0.481. The molecule has 0 spiro atoms. The molecule has 0 aromatic heterocycles. The molecule has 1 amide bonds. The quantitative estimate of drug-likeness (QED) is 0.309. The summed E-state index contributed by atoms with van der Waals surface area (Å²) in [5.74, 6) is -1.27. The first-order chi connectivity index (χ1) is 17.2. The summed E-state index contributed by atoms with van der Waals surface area (Å²) in [5.41, 5.74) is -0.339. The van der Waals surface area contributed by atoms with Crippen molar-refractivity contribution in [1.82, 2.24) is 10.2 Å². The summed E-state index contributed by atoms with van der Waals surface area (Å²) in [6.45, 7) is 9.99. The molecule has 1 aromatic rings. The summed E-state index contributed by atoms with van der Waals surface area (Å²) < 4.78 is 20.9. The van der Waals surface area contributed by atoms with Crippen LogP contribution >= 0.6 is 0 Å². The third-order valence-electron chi connectivity index (χ3n) is 5.00. The fourth-order valence-corrected chi connectivity index (χ4v) is 2.79. The van der Waals surface area contributed by atoms with Crippen LogP contribution in [0.3, 0.4) is 0 Å². The molecule has 0 radical (unpaired) electrons. The van der Waals surface area contributed by atoms with Gasteiger partial charge in [-0.05, 0) is 71.9 Å². The van der Waals surface area contributed by atoms with Crippen LogP contribution in [0.2, 0.25) is 0 Å². The van der Waals surface area contributed by atoms with Gasteiger partial charge in [-0.2, -0.15) is 0 Å². The summed E-state index contributed by atoms with van der Waals surface area (Å²) in [6, 6.07) is 4.85. The Morgan fingerprint density at radius 1 is 0.919 bits per heavy atom. The van der Waals surface area contributed by atoms with Gasteiger partial charge < -0.3 is 29.2 Å². The van der Waals surface area contributed by atoms with E-state index in [1.807, 2.05) is 12.3 Å². The molecule has 1 aliphatic rings. The highest BCUT2D eigenvalue weighted by molar-refractivity contribution is 5.89. The van der Waals surface area contributed by atoms with Crippen molar-refractivity contribution < 1.29 is 38.1 Å². The summed E-state index contributed by atoms with van der Waals surface area (Å²) in [5, 5.41) is 2.56. The van der Waals surface area contributed by atoms with Gasteiger partial charge in [-0.3, -0.25) is 9.59 Å². The molecule has 0 bridgehead atoms. The van der Waals surface area contributed by atoms with E-state index in [1.54, 1.807) is 77.9 Å². The van der Waals surface area contributed by atoms with Crippen molar-refractivity contribution in [2.45, 2.75) is 54.4 Å². The highest BCUT2D eigenvalue weighted by atomic mass is 16.7. The number of hydrogen-bond donors (Lipinski definition) is 1. The lowest BCUT2D eigenvalue weighted by atomic mass is 9.97. The average Bonchev–Trinajstić information content (AvgIpc) is 2.79. The molecule has 0 saturated heterocycles. The minimum Gasteiger partial charge on any atom is -0.424 e. The van der Waals surface area contributed by atoms with Crippen molar-refractivity contribution in [2.75, 3.05) is 20.4 Å².